The molecule has 1 aromatic rings. The lowest BCUT2D eigenvalue weighted by Gasteiger charge is -2.44. The van der Waals surface area contributed by atoms with Crippen molar-refractivity contribution in [2.75, 3.05) is 20.3 Å². The van der Waals surface area contributed by atoms with Crippen molar-refractivity contribution in [3.05, 3.63) is 44.7 Å². The van der Waals surface area contributed by atoms with Gasteiger partial charge in [0.05, 0.1) is 18.2 Å². The monoisotopic (exact) mass is 487 g/mol. The van der Waals surface area contributed by atoms with Crippen LogP contribution in [0.5, 0.6) is 11.5 Å². The Kier molecular flexibility index (Phi) is 6.56. The number of carbonyl (C=O) groups excluding carboxylic acids is 2. The van der Waals surface area contributed by atoms with Crippen molar-refractivity contribution in [1.29, 1.82) is 0 Å². The van der Waals surface area contributed by atoms with Crippen LogP contribution >= 0.6 is 15.9 Å². The summed E-state index contributed by atoms with van der Waals surface area (Å²) in [7, 11) is 1.61. The number of nitrogens with zero attached hydrogens (tertiary/aromatic N) is 1. The van der Waals surface area contributed by atoms with Crippen LogP contribution in [-0.2, 0) is 9.59 Å². The van der Waals surface area contributed by atoms with Gasteiger partial charge in [-0.15, -0.1) is 0 Å². The third-order valence-corrected chi connectivity index (χ3v) is 6.99. The zero-order valence-electron chi connectivity index (χ0n) is 18.6. The molecule has 0 saturated heterocycles. The Balaban J connectivity index is 1.96. The van der Waals surface area contributed by atoms with Crippen LogP contribution in [0.4, 0.5) is 0 Å². The van der Waals surface area contributed by atoms with Gasteiger partial charge >= 0.3 is 0 Å². The summed E-state index contributed by atoms with van der Waals surface area (Å²) in [6.07, 6.45) is 5.58. The number of methoxy groups -OCH3 is 1. The zero-order chi connectivity index (χ0) is 22.1. The molecule has 0 amide bonds. The van der Waals surface area contributed by atoms with Gasteiger partial charge in [-0.1, -0.05) is 6.92 Å². The quantitative estimate of drug-likeness (QED) is 0.516. The Hall–Kier alpha value is -2.08. The first-order valence-corrected chi connectivity index (χ1v) is 12.1. The van der Waals surface area contributed by atoms with Crippen molar-refractivity contribution in [3.63, 3.8) is 0 Å². The molecule has 5 nitrogen and oxygen atoms in total. The fourth-order valence-corrected chi connectivity index (χ4v) is 5.88. The van der Waals surface area contributed by atoms with Gasteiger partial charge in [0.25, 0.3) is 0 Å². The molecule has 1 aromatic carbocycles. The Morgan fingerprint density at radius 1 is 1.00 bits per heavy atom. The van der Waals surface area contributed by atoms with E-state index < -0.39 is 0 Å². The topological polar surface area (TPSA) is 55.8 Å². The summed E-state index contributed by atoms with van der Waals surface area (Å²) in [5.74, 6) is 1.26. The lowest BCUT2D eigenvalue weighted by atomic mass is 9.71. The molecule has 0 bridgehead atoms. The second kappa shape index (κ2) is 9.19. The van der Waals surface area contributed by atoms with E-state index in [1.165, 1.54) is 0 Å². The maximum absolute atomic E-state index is 13.3. The molecular weight excluding hydrogens is 458 g/mol. The van der Waals surface area contributed by atoms with Gasteiger partial charge in [0.2, 0.25) is 0 Å². The number of hydrogen-bond donors (Lipinski definition) is 0. The summed E-state index contributed by atoms with van der Waals surface area (Å²) in [5.41, 5.74) is 4.79. The molecule has 31 heavy (non-hydrogen) atoms. The zero-order valence-corrected chi connectivity index (χ0v) is 20.1. The second-order valence-electron chi connectivity index (χ2n) is 8.33. The molecule has 3 aliphatic rings. The Morgan fingerprint density at radius 2 is 1.61 bits per heavy atom. The molecule has 0 radical (unpaired) electrons. The van der Waals surface area contributed by atoms with Crippen LogP contribution in [0.1, 0.15) is 70.3 Å². The van der Waals surface area contributed by atoms with Crippen molar-refractivity contribution >= 4 is 27.5 Å². The Labute approximate surface area is 192 Å². The van der Waals surface area contributed by atoms with Gasteiger partial charge in [-0.25, -0.2) is 0 Å². The summed E-state index contributed by atoms with van der Waals surface area (Å²) in [6.45, 7) is 5.43. The molecule has 166 valence electrons. The van der Waals surface area contributed by atoms with Gasteiger partial charge in [0.15, 0.2) is 23.1 Å². The fraction of sp³-hybridized carbons (Fsp3) is 0.520. The molecule has 0 unspecified atom stereocenters. The van der Waals surface area contributed by atoms with E-state index >= 15 is 0 Å². The van der Waals surface area contributed by atoms with E-state index in [2.05, 4.69) is 27.8 Å². The summed E-state index contributed by atoms with van der Waals surface area (Å²) in [5, 5.41) is 0. The lowest BCUT2D eigenvalue weighted by molar-refractivity contribution is -0.117. The van der Waals surface area contributed by atoms with Gasteiger partial charge in [-0.2, -0.15) is 0 Å². The Bertz CT molecular complexity index is 934. The average molecular weight is 488 g/mol. The van der Waals surface area contributed by atoms with Crippen LogP contribution < -0.4 is 9.47 Å². The lowest BCUT2D eigenvalue weighted by Crippen LogP contribution is -2.39. The smallest absolute Gasteiger partial charge is 0.174 e. The highest BCUT2D eigenvalue weighted by atomic mass is 79.9. The van der Waals surface area contributed by atoms with E-state index in [-0.39, 0.29) is 17.5 Å². The minimum atomic E-state index is -0.333. The van der Waals surface area contributed by atoms with Crippen molar-refractivity contribution in [2.24, 2.45) is 0 Å². The van der Waals surface area contributed by atoms with Crippen molar-refractivity contribution in [2.45, 2.75) is 64.7 Å². The first-order valence-electron chi connectivity index (χ1n) is 11.3. The van der Waals surface area contributed by atoms with E-state index in [1.807, 2.05) is 19.1 Å². The molecule has 1 aliphatic heterocycles. The van der Waals surface area contributed by atoms with Crippen LogP contribution in [0, 0.1) is 0 Å². The SMILES string of the molecule is CCCN1C2=C(C(=O)CCC2)C(c2cc(Br)c(OC)c(OCC)c2)C2=C1CCCC2=O. The van der Waals surface area contributed by atoms with Gasteiger partial charge in [0.1, 0.15) is 0 Å². The van der Waals surface area contributed by atoms with E-state index in [1.54, 1.807) is 7.11 Å². The van der Waals surface area contributed by atoms with Crippen LogP contribution in [0.15, 0.2) is 39.1 Å². The predicted octanol–water partition coefficient (Wildman–Crippen LogP) is 5.68. The first kappa shape index (κ1) is 22.1. The first-order chi connectivity index (χ1) is 15.0. The number of rotatable bonds is 6. The second-order valence-corrected chi connectivity index (χ2v) is 9.18. The predicted molar refractivity (Wildman–Crippen MR) is 123 cm³/mol. The maximum Gasteiger partial charge on any atom is 0.174 e. The van der Waals surface area contributed by atoms with Crippen LogP contribution in [-0.4, -0.2) is 36.7 Å². The average Bonchev–Trinajstić information content (AvgIpc) is 2.75. The number of allylic oxidation sites excluding steroid dienone is 4. The normalized spacial score (nSPS) is 19.5. The van der Waals surface area contributed by atoms with Crippen molar-refractivity contribution < 1.29 is 19.1 Å². The highest BCUT2D eigenvalue weighted by Gasteiger charge is 2.43. The molecule has 0 aromatic heterocycles. The van der Waals surface area contributed by atoms with Crippen LogP contribution in [0.3, 0.4) is 0 Å². The Morgan fingerprint density at radius 3 is 2.13 bits per heavy atom. The summed E-state index contributed by atoms with van der Waals surface area (Å²) < 4.78 is 12.2. The molecule has 0 N–H and O–H groups in total. The van der Waals surface area contributed by atoms with E-state index in [0.29, 0.717) is 30.9 Å². The number of ketones is 2. The van der Waals surface area contributed by atoms with Gasteiger partial charge in [-0.3, -0.25) is 9.59 Å². The minimum Gasteiger partial charge on any atom is -0.492 e. The molecule has 2 aliphatic carbocycles. The molecule has 6 heteroatoms. The van der Waals surface area contributed by atoms with E-state index in [0.717, 1.165) is 71.2 Å². The fourth-order valence-electron chi connectivity index (χ4n) is 5.26. The van der Waals surface area contributed by atoms with Crippen LogP contribution in [0.2, 0.25) is 0 Å². The van der Waals surface area contributed by atoms with Crippen molar-refractivity contribution in [1.82, 2.24) is 4.90 Å². The van der Waals surface area contributed by atoms with Crippen LogP contribution in [0.25, 0.3) is 0 Å². The highest BCUT2D eigenvalue weighted by Crippen LogP contribution is 2.51. The number of ether oxygens (including phenoxy) is 2. The molecule has 4 rings (SSSR count). The minimum absolute atomic E-state index is 0.169. The number of Topliss-reactive ketones (excluding diaryl/α,β-unsaturated/α-hetero) is 2. The maximum atomic E-state index is 13.3. The molecular formula is C25H30BrNO4. The standard InChI is InChI=1S/C25H30BrNO4/c1-4-12-27-17-8-6-10-19(28)23(17)22(24-18(27)9-7-11-20(24)29)15-13-16(26)25(30-3)21(14-15)31-5-2/h13-14,22H,4-12H2,1-3H3. The van der Waals surface area contributed by atoms with E-state index in [4.69, 9.17) is 9.47 Å². The third kappa shape index (κ3) is 3.84. The van der Waals surface area contributed by atoms with E-state index in [9.17, 15) is 9.59 Å². The number of benzene rings is 1. The summed E-state index contributed by atoms with van der Waals surface area (Å²) >= 11 is 3.62. The number of halogens is 1. The molecule has 1 heterocycles. The van der Waals surface area contributed by atoms with Crippen molar-refractivity contribution in [3.8, 4) is 11.5 Å². The molecule has 0 spiro atoms. The summed E-state index contributed by atoms with van der Waals surface area (Å²) in [6, 6.07) is 3.94. The third-order valence-electron chi connectivity index (χ3n) is 6.40. The largest absolute Gasteiger partial charge is 0.492 e. The summed E-state index contributed by atoms with van der Waals surface area (Å²) in [4.78, 5) is 28.9. The number of hydrogen-bond acceptors (Lipinski definition) is 5. The van der Waals surface area contributed by atoms with Gasteiger partial charge in [-0.05, 0) is 72.7 Å². The molecule has 0 saturated carbocycles. The van der Waals surface area contributed by atoms with Gasteiger partial charge < -0.3 is 14.4 Å². The molecule has 0 fully saturated rings. The van der Waals surface area contributed by atoms with Gasteiger partial charge in [0, 0.05) is 47.8 Å². The molecule has 0 atom stereocenters. The number of carbonyl (C=O) groups is 2. The highest BCUT2D eigenvalue weighted by molar-refractivity contribution is 9.10.